The summed E-state index contributed by atoms with van der Waals surface area (Å²) in [6, 6.07) is 15.6. The summed E-state index contributed by atoms with van der Waals surface area (Å²) in [5, 5.41) is 16.3. The van der Waals surface area contributed by atoms with Crippen LogP contribution in [0.1, 0.15) is 5.56 Å². The standard InChI is InChI=1S/C20H18FN7O/c1-26(12-15-11-22-27(13-15)18-8-3-2-4-9-18)19(29)14-28-24-20(23-25-28)16-6-5-7-17(21)10-16/h2-11,13H,12,14H2,1H3. The zero-order valence-corrected chi connectivity index (χ0v) is 15.7. The Balaban J connectivity index is 1.38. The molecule has 0 aliphatic carbocycles. The smallest absolute Gasteiger partial charge is 0.246 e. The summed E-state index contributed by atoms with van der Waals surface area (Å²) in [6.45, 7) is 0.336. The van der Waals surface area contributed by atoms with Crippen LogP contribution in [0.15, 0.2) is 67.0 Å². The van der Waals surface area contributed by atoms with Gasteiger partial charge >= 0.3 is 0 Å². The molecular formula is C20H18FN7O. The number of carbonyl (C=O) groups is 1. The molecule has 2 heterocycles. The maximum Gasteiger partial charge on any atom is 0.246 e. The maximum atomic E-state index is 13.3. The van der Waals surface area contributed by atoms with Gasteiger partial charge in [0.2, 0.25) is 11.7 Å². The van der Waals surface area contributed by atoms with E-state index in [2.05, 4.69) is 20.5 Å². The molecule has 0 radical (unpaired) electrons. The highest BCUT2D eigenvalue weighted by atomic mass is 19.1. The summed E-state index contributed by atoms with van der Waals surface area (Å²) >= 11 is 0. The average Bonchev–Trinajstić information content (AvgIpc) is 3.38. The van der Waals surface area contributed by atoms with E-state index in [1.54, 1.807) is 35.0 Å². The third-order valence-corrected chi connectivity index (χ3v) is 4.31. The highest BCUT2D eigenvalue weighted by Gasteiger charge is 2.14. The molecule has 0 aliphatic heterocycles. The maximum absolute atomic E-state index is 13.3. The highest BCUT2D eigenvalue weighted by Crippen LogP contribution is 2.14. The Kier molecular flexibility index (Phi) is 5.10. The van der Waals surface area contributed by atoms with Gasteiger partial charge in [0.05, 0.1) is 11.9 Å². The molecule has 9 heteroatoms. The SMILES string of the molecule is CN(Cc1cnn(-c2ccccc2)c1)C(=O)Cn1nnc(-c2cccc(F)c2)n1. The van der Waals surface area contributed by atoms with Gasteiger partial charge in [-0.25, -0.2) is 9.07 Å². The molecule has 146 valence electrons. The van der Waals surface area contributed by atoms with Gasteiger partial charge in [-0.1, -0.05) is 30.3 Å². The summed E-state index contributed by atoms with van der Waals surface area (Å²) in [5.74, 6) is -0.296. The van der Waals surface area contributed by atoms with Crippen LogP contribution in [-0.4, -0.2) is 47.8 Å². The molecular weight excluding hydrogens is 373 g/mol. The first-order chi connectivity index (χ1) is 14.1. The lowest BCUT2D eigenvalue weighted by molar-refractivity contribution is -0.131. The Morgan fingerprint density at radius 3 is 2.76 bits per heavy atom. The van der Waals surface area contributed by atoms with Crippen LogP contribution in [0.25, 0.3) is 17.1 Å². The normalized spacial score (nSPS) is 10.8. The molecule has 29 heavy (non-hydrogen) atoms. The van der Waals surface area contributed by atoms with Crippen molar-refractivity contribution in [2.45, 2.75) is 13.1 Å². The van der Waals surface area contributed by atoms with Crippen LogP contribution < -0.4 is 0 Å². The number of amides is 1. The van der Waals surface area contributed by atoms with E-state index in [1.165, 1.54) is 16.9 Å². The van der Waals surface area contributed by atoms with Gasteiger partial charge in [-0.05, 0) is 29.5 Å². The fraction of sp³-hybridized carbons (Fsp3) is 0.150. The first-order valence-corrected chi connectivity index (χ1v) is 8.95. The molecule has 0 spiro atoms. The summed E-state index contributed by atoms with van der Waals surface area (Å²) in [5.41, 5.74) is 2.35. The van der Waals surface area contributed by atoms with Crippen LogP contribution in [0.3, 0.4) is 0 Å². The van der Waals surface area contributed by atoms with Crippen molar-refractivity contribution in [1.29, 1.82) is 0 Å². The number of benzene rings is 2. The molecule has 0 saturated carbocycles. The van der Waals surface area contributed by atoms with Crippen LogP contribution in [0.4, 0.5) is 4.39 Å². The third-order valence-electron chi connectivity index (χ3n) is 4.31. The van der Waals surface area contributed by atoms with Gasteiger partial charge in [-0.2, -0.15) is 9.90 Å². The van der Waals surface area contributed by atoms with Gasteiger partial charge < -0.3 is 4.90 Å². The zero-order chi connectivity index (χ0) is 20.2. The minimum absolute atomic E-state index is 0.0639. The second-order valence-electron chi connectivity index (χ2n) is 6.53. The van der Waals surface area contributed by atoms with Crippen LogP contribution in [0, 0.1) is 5.82 Å². The van der Waals surface area contributed by atoms with E-state index < -0.39 is 0 Å². The van der Waals surface area contributed by atoms with Gasteiger partial charge in [0.25, 0.3) is 0 Å². The summed E-state index contributed by atoms with van der Waals surface area (Å²) in [7, 11) is 1.70. The van der Waals surface area contributed by atoms with Crippen molar-refractivity contribution in [3.8, 4) is 17.1 Å². The van der Waals surface area contributed by atoms with Gasteiger partial charge in [0, 0.05) is 30.9 Å². The van der Waals surface area contributed by atoms with Crippen LogP contribution in [0.2, 0.25) is 0 Å². The lowest BCUT2D eigenvalue weighted by Crippen LogP contribution is -2.30. The molecule has 4 aromatic rings. The third kappa shape index (κ3) is 4.34. The first-order valence-electron chi connectivity index (χ1n) is 8.95. The summed E-state index contributed by atoms with van der Waals surface area (Å²) in [6.07, 6.45) is 3.61. The Hall–Kier alpha value is -3.88. The van der Waals surface area contributed by atoms with Crippen molar-refractivity contribution in [1.82, 2.24) is 34.9 Å². The molecule has 0 N–H and O–H groups in total. The van der Waals surface area contributed by atoms with Crippen molar-refractivity contribution in [2.75, 3.05) is 7.05 Å². The molecule has 8 nitrogen and oxygen atoms in total. The second-order valence-corrected chi connectivity index (χ2v) is 6.53. The quantitative estimate of drug-likeness (QED) is 0.504. The molecule has 0 atom stereocenters. The van der Waals surface area contributed by atoms with Crippen molar-refractivity contribution in [2.24, 2.45) is 0 Å². The van der Waals surface area contributed by atoms with E-state index >= 15 is 0 Å². The number of nitrogens with zero attached hydrogens (tertiary/aromatic N) is 7. The number of hydrogen-bond donors (Lipinski definition) is 0. The predicted octanol–water partition coefficient (Wildman–Crippen LogP) is 2.32. The van der Waals surface area contributed by atoms with Gasteiger partial charge in [-0.3, -0.25) is 4.79 Å². The molecule has 2 aromatic heterocycles. The molecule has 2 aromatic carbocycles. The first kappa shape index (κ1) is 18.5. The monoisotopic (exact) mass is 391 g/mol. The number of para-hydroxylation sites is 1. The van der Waals surface area contributed by atoms with Crippen LogP contribution in [-0.2, 0) is 17.9 Å². The molecule has 0 unspecified atom stereocenters. The molecule has 0 bridgehead atoms. The number of aromatic nitrogens is 6. The molecule has 4 rings (SSSR count). The molecule has 0 aliphatic rings. The molecule has 0 fully saturated rings. The van der Waals surface area contributed by atoms with Gasteiger partial charge in [-0.15, -0.1) is 10.2 Å². The Morgan fingerprint density at radius 2 is 1.97 bits per heavy atom. The van der Waals surface area contributed by atoms with Crippen LogP contribution >= 0.6 is 0 Å². The lowest BCUT2D eigenvalue weighted by Gasteiger charge is -2.15. The van der Waals surface area contributed by atoms with E-state index in [-0.39, 0.29) is 24.1 Å². The van der Waals surface area contributed by atoms with Gasteiger partial charge in [0.1, 0.15) is 12.4 Å². The van der Waals surface area contributed by atoms with Crippen molar-refractivity contribution < 1.29 is 9.18 Å². The second kappa shape index (κ2) is 8.01. The van der Waals surface area contributed by atoms with E-state index in [0.29, 0.717) is 12.1 Å². The minimum Gasteiger partial charge on any atom is -0.340 e. The molecule has 1 amide bonds. The van der Waals surface area contributed by atoms with E-state index in [4.69, 9.17) is 0 Å². The minimum atomic E-state index is -0.384. The number of likely N-dealkylation sites (N-methyl/N-ethyl adjacent to an activating group) is 1. The van der Waals surface area contributed by atoms with Crippen molar-refractivity contribution in [3.05, 3.63) is 78.4 Å². The Bertz CT molecular complexity index is 1120. The van der Waals surface area contributed by atoms with E-state index in [0.717, 1.165) is 11.3 Å². The fourth-order valence-corrected chi connectivity index (χ4v) is 2.82. The number of carbonyl (C=O) groups excluding carboxylic acids is 1. The predicted molar refractivity (Wildman–Crippen MR) is 103 cm³/mol. The zero-order valence-electron chi connectivity index (χ0n) is 15.7. The van der Waals surface area contributed by atoms with Crippen molar-refractivity contribution >= 4 is 5.91 Å². The van der Waals surface area contributed by atoms with Crippen molar-refractivity contribution in [3.63, 3.8) is 0 Å². The Morgan fingerprint density at radius 1 is 1.14 bits per heavy atom. The largest absolute Gasteiger partial charge is 0.340 e. The van der Waals surface area contributed by atoms with E-state index in [9.17, 15) is 9.18 Å². The van der Waals surface area contributed by atoms with Gasteiger partial charge in [0.15, 0.2) is 0 Å². The number of halogens is 1. The number of rotatable bonds is 6. The fourth-order valence-electron chi connectivity index (χ4n) is 2.82. The average molecular weight is 391 g/mol. The lowest BCUT2D eigenvalue weighted by atomic mass is 10.2. The topological polar surface area (TPSA) is 81.7 Å². The Labute approximate surface area is 166 Å². The molecule has 0 saturated heterocycles. The van der Waals surface area contributed by atoms with E-state index in [1.807, 2.05) is 36.5 Å². The van der Waals surface area contributed by atoms with Crippen LogP contribution in [0.5, 0.6) is 0 Å². The highest BCUT2D eigenvalue weighted by molar-refractivity contribution is 5.75. The number of tetrazole rings is 1. The summed E-state index contributed by atoms with van der Waals surface area (Å²) in [4.78, 5) is 15.3. The summed E-state index contributed by atoms with van der Waals surface area (Å²) < 4.78 is 15.1. The number of hydrogen-bond acceptors (Lipinski definition) is 5.